The number of aromatic carboxylic acids is 1. The molecule has 0 radical (unpaired) electrons. The van der Waals surface area contributed by atoms with Crippen molar-refractivity contribution in [3.63, 3.8) is 0 Å². The van der Waals surface area contributed by atoms with Crippen LogP contribution in [0.3, 0.4) is 0 Å². The van der Waals surface area contributed by atoms with Gasteiger partial charge in [-0.3, -0.25) is 0 Å². The summed E-state index contributed by atoms with van der Waals surface area (Å²) in [6, 6.07) is 5.42. The summed E-state index contributed by atoms with van der Waals surface area (Å²) in [6.45, 7) is 5.44. The predicted octanol–water partition coefficient (Wildman–Crippen LogP) is 2.17. The molecular formula is C14H18N2O2. The van der Waals surface area contributed by atoms with E-state index in [-0.39, 0.29) is 0 Å². The van der Waals surface area contributed by atoms with E-state index < -0.39 is 5.97 Å². The molecule has 3 N–H and O–H groups in total. The number of nitrogens with zero attached hydrogens (tertiary/aromatic N) is 1. The maximum atomic E-state index is 11.3. The van der Waals surface area contributed by atoms with Gasteiger partial charge in [-0.15, -0.1) is 0 Å². The Kier molecular flexibility index (Phi) is 3.39. The Morgan fingerprint density at radius 3 is 2.72 bits per heavy atom. The molecule has 0 aliphatic rings. The van der Waals surface area contributed by atoms with Crippen LogP contribution in [0.2, 0.25) is 0 Å². The largest absolute Gasteiger partial charge is 0.478 e. The minimum Gasteiger partial charge on any atom is -0.478 e. The quantitative estimate of drug-likeness (QED) is 0.868. The number of carboxylic acid groups (broad SMARTS) is 1. The van der Waals surface area contributed by atoms with Gasteiger partial charge in [-0.25, -0.2) is 4.79 Å². The van der Waals surface area contributed by atoms with Crippen molar-refractivity contribution in [1.82, 2.24) is 4.57 Å². The first-order chi connectivity index (χ1) is 8.61. The Hall–Kier alpha value is -1.81. The van der Waals surface area contributed by atoms with Crippen molar-refractivity contribution >= 4 is 16.9 Å². The Balaban J connectivity index is 2.87. The van der Waals surface area contributed by atoms with Crippen molar-refractivity contribution in [2.75, 3.05) is 6.54 Å². The predicted molar refractivity (Wildman–Crippen MR) is 72.1 cm³/mol. The van der Waals surface area contributed by atoms with Gasteiger partial charge in [0, 0.05) is 23.1 Å². The molecule has 0 unspecified atom stereocenters. The van der Waals surface area contributed by atoms with Crippen LogP contribution in [-0.4, -0.2) is 22.2 Å². The van der Waals surface area contributed by atoms with Crippen LogP contribution >= 0.6 is 0 Å². The molecule has 1 heterocycles. The van der Waals surface area contributed by atoms with Gasteiger partial charge in [0.05, 0.1) is 5.56 Å². The lowest BCUT2D eigenvalue weighted by Crippen LogP contribution is -2.05. The molecule has 0 atom stereocenters. The van der Waals surface area contributed by atoms with E-state index in [1.54, 1.807) is 12.1 Å². The topological polar surface area (TPSA) is 68.2 Å². The molecule has 1 aromatic heterocycles. The third-order valence-corrected chi connectivity index (χ3v) is 3.42. The smallest absolute Gasteiger partial charge is 0.336 e. The number of nitrogens with two attached hydrogens (primary N) is 1. The van der Waals surface area contributed by atoms with Gasteiger partial charge < -0.3 is 15.4 Å². The molecule has 4 heteroatoms. The molecule has 0 aliphatic heterocycles. The number of carboxylic acids is 1. The highest BCUT2D eigenvalue weighted by Crippen LogP contribution is 2.29. The number of hydrogen-bond donors (Lipinski definition) is 2. The Morgan fingerprint density at radius 2 is 2.17 bits per heavy atom. The fourth-order valence-corrected chi connectivity index (χ4v) is 2.64. The highest BCUT2D eigenvalue weighted by molar-refractivity contribution is 6.05. The number of rotatable bonds is 4. The van der Waals surface area contributed by atoms with E-state index in [9.17, 15) is 9.90 Å². The fraction of sp³-hybridized carbons (Fsp3) is 0.357. The molecule has 2 aromatic rings. The summed E-state index contributed by atoms with van der Waals surface area (Å²) >= 11 is 0. The number of aryl methyl sites for hydroxylation is 1. The van der Waals surface area contributed by atoms with Gasteiger partial charge in [0.25, 0.3) is 0 Å². The first kappa shape index (κ1) is 12.6. The molecular weight excluding hydrogens is 228 g/mol. The van der Waals surface area contributed by atoms with Gasteiger partial charge >= 0.3 is 5.97 Å². The van der Waals surface area contributed by atoms with E-state index in [2.05, 4.69) is 11.5 Å². The van der Waals surface area contributed by atoms with E-state index in [4.69, 9.17) is 5.73 Å². The van der Waals surface area contributed by atoms with E-state index in [1.165, 1.54) is 0 Å². The molecule has 96 valence electrons. The summed E-state index contributed by atoms with van der Waals surface area (Å²) in [5, 5.41) is 10.2. The Labute approximate surface area is 106 Å². The van der Waals surface area contributed by atoms with Crippen LogP contribution in [0, 0.1) is 6.92 Å². The Morgan fingerprint density at radius 1 is 1.44 bits per heavy atom. The van der Waals surface area contributed by atoms with Gasteiger partial charge in [0.2, 0.25) is 0 Å². The van der Waals surface area contributed by atoms with Crippen LogP contribution in [0.1, 0.15) is 28.5 Å². The van der Waals surface area contributed by atoms with E-state index in [0.717, 1.165) is 28.7 Å². The third-order valence-electron chi connectivity index (χ3n) is 3.42. The molecule has 4 nitrogen and oxygen atoms in total. The highest BCUT2D eigenvalue weighted by Gasteiger charge is 2.18. The average Bonchev–Trinajstić information content (AvgIpc) is 2.62. The van der Waals surface area contributed by atoms with Crippen LogP contribution in [0.15, 0.2) is 18.2 Å². The average molecular weight is 246 g/mol. The highest BCUT2D eigenvalue weighted by atomic mass is 16.4. The van der Waals surface area contributed by atoms with Crippen LogP contribution in [0.25, 0.3) is 10.9 Å². The Bertz CT molecular complexity index is 599. The number of carbonyl (C=O) groups is 1. The summed E-state index contributed by atoms with van der Waals surface area (Å²) in [5.41, 5.74) is 9.17. The van der Waals surface area contributed by atoms with E-state index in [1.807, 2.05) is 13.0 Å². The zero-order chi connectivity index (χ0) is 13.3. The fourth-order valence-electron chi connectivity index (χ4n) is 2.64. The van der Waals surface area contributed by atoms with Gasteiger partial charge in [-0.05, 0) is 44.5 Å². The first-order valence-electron chi connectivity index (χ1n) is 6.15. The number of fused-ring (bicyclic) bond motifs is 1. The van der Waals surface area contributed by atoms with Crippen molar-refractivity contribution < 1.29 is 9.90 Å². The van der Waals surface area contributed by atoms with Gasteiger partial charge in [-0.1, -0.05) is 6.07 Å². The minimum atomic E-state index is -0.882. The first-order valence-corrected chi connectivity index (χ1v) is 6.15. The number of aromatic nitrogens is 1. The minimum absolute atomic E-state index is 0.367. The van der Waals surface area contributed by atoms with Crippen molar-refractivity contribution in [2.24, 2.45) is 5.73 Å². The summed E-state index contributed by atoms with van der Waals surface area (Å²) < 4.78 is 2.15. The van der Waals surface area contributed by atoms with Crippen molar-refractivity contribution in [3.8, 4) is 0 Å². The van der Waals surface area contributed by atoms with Crippen LogP contribution in [-0.2, 0) is 13.0 Å². The van der Waals surface area contributed by atoms with Gasteiger partial charge in [0.1, 0.15) is 0 Å². The third kappa shape index (κ3) is 1.78. The van der Waals surface area contributed by atoms with Crippen molar-refractivity contribution in [3.05, 3.63) is 35.0 Å². The molecule has 0 amide bonds. The van der Waals surface area contributed by atoms with Gasteiger partial charge in [0.15, 0.2) is 0 Å². The molecule has 0 aliphatic carbocycles. The molecule has 0 spiro atoms. The maximum Gasteiger partial charge on any atom is 0.336 e. The molecule has 0 bridgehead atoms. The van der Waals surface area contributed by atoms with Crippen LogP contribution in [0.5, 0.6) is 0 Å². The second-order valence-corrected chi connectivity index (χ2v) is 4.35. The number of benzene rings is 1. The summed E-state index contributed by atoms with van der Waals surface area (Å²) in [5.74, 6) is -0.882. The van der Waals surface area contributed by atoms with Crippen LogP contribution in [0.4, 0.5) is 0 Å². The zero-order valence-corrected chi connectivity index (χ0v) is 10.7. The SMILES string of the molecule is CCn1c(C)c(CCN)c2c(C(=O)O)cccc21. The van der Waals surface area contributed by atoms with Crippen molar-refractivity contribution in [1.29, 1.82) is 0 Å². The van der Waals surface area contributed by atoms with Crippen molar-refractivity contribution in [2.45, 2.75) is 26.8 Å². The normalized spacial score (nSPS) is 11.1. The number of hydrogen-bond acceptors (Lipinski definition) is 2. The molecule has 0 saturated carbocycles. The summed E-state index contributed by atoms with van der Waals surface area (Å²) in [7, 11) is 0. The molecule has 1 aromatic carbocycles. The van der Waals surface area contributed by atoms with Gasteiger partial charge in [-0.2, -0.15) is 0 Å². The standard InChI is InChI=1S/C14H18N2O2/c1-3-16-9(2)10(7-8-15)13-11(14(17)18)5-4-6-12(13)16/h4-6H,3,7-8,15H2,1-2H3,(H,17,18). The lowest BCUT2D eigenvalue weighted by atomic mass is 10.0. The lowest BCUT2D eigenvalue weighted by Gasteiger charge is -2.04. The molecule has 0 fully saturated rings. The van der Waals surface area contributed by atoms with E-state index >= 15 is 0 Å². The second kappa shape index (κ2) is 4.82. The summed E-state index contributed by atoms with van der Waals surface area (Å²) in [4.78, 5) is 11.3. The lowest BCUT2D eigenvalue weighted by molar-refractivity contribution is 0.0699. The summed E-state index contributed by atoms with van der Waals surface area (Å²) in [6.07, 6.45) is 0.708. The van der Waals surface area contributed by atoms with Crippen LogP contribution < -0.4 is 5.73 Å². The molecule has 18 heavy (non-hydrogen) atoms. The molecule has 0 saturated heterocycles. The maximum absolute atomic E-state index is 11.3. The molecule has 2 rings (SSSR count). The van der Waals surface area contributed by atoms with E-state index in [0.29, 0.717) is 18.5 Å². The second-order valence-electron chi connectivity index (χ2n) is 4.35. The zero-order valence-electron chi connectivity index (χ0n) is 10.7. The monoisotopic (exact) mass is 246 g/mol.